The van der Waals surface area contributed by atoms with Gasteiger partial charge in [0.05, 0.1) is 4.90 Å². The summed E-state index contributed by atoms with van der Waals surface area (Å²) in [6, 6.07) is 6.28. The predicted octanol–water partition coefficient (Wildman–Crippen LogP) is 1.72. The number of carbonyl (C=O) groups excluding carboxylic acids is 1. The van der Waals surface area contributed by atoms with Crippen molar-refractivity contribution < 1.29 is 13.2 Å². The molecular formula is C18H27N3O3S. The van der Waals surface area contributed by atoms with E-state index in [2.05, 4.69) is 5.32 Å². The Hall–Kier alpha value is -1.44. The minimum atomic E-state index is -3.58. The zero-order chi connectivity index (χ0) is 18.0. The van der Waals surface area contributed by atoms with Gasteiger partial charge in [-0.05, 0) is 56.7 Å². The topological polar surface area (TPSA) is 92.5 Å². The molecule has 7 heteroatoms. The van der Waals surface area contributed by atoms with E-state index in [0.29, 0.717) is 24.6 Å². The second kappa shape index (κ2) is 7.43. The molecule has 2 atom stereocenters. The van der Waals surface area contributed by atoms with Crippen LogP contribution in [0.2, 0.25) is 0 Å². The monoisotopic (exact) mass is 365 g/mol. The number of hydrogen-bond acceptors (Lipinski definition) is 4. The molecule has 6 nitrogen and oxygen atoms in total. The van der Waals surface area contributed by atoms with Crippen LogP contribution in [0.1, 0.15) is 49.4 Å². The summed E-state index contributed by atoms with van der Waals surface area (Å²) in [6.07, 6.45) is 4.98. The van der Waals surface area contributed by atoms with Crippen LogP contribution in [0.4, 0.5) is 0 Å². The second-order valence-corrected chi connectivity index (χ2v) is 9.03. The standard InChI is InChI=1S/C18H27N3O3S/c1-13-5-2-3-10-21(13)25(23,24)16-7-4-6-15(11-16)18(22)20-17(12-19)14-8-9-14/h4,6-7,11,13-14,17H,2-3,5,8-10,12,19H2,1H3,(H,20,22). The van der Waals surface area contributed by atoms with Crippen molar-refractivity contribution in [1.82, 2.24) is 9.62 Å². The SMILES string of the molecule is CC1CCCCN1S(=O)(=O)c1cccc(C(=O)NC(CN)C2CC2)c1. The maximum atomic E-state index is 12.9. The van der Waals surface area contributed by atoms with Crippen LogP contribution in [0.25, 0.3) is 0 Å². The summed E-state index contributed by atoms with van der Waals surface area (Å²) < 4.78 is 27.4. The molecule has 1 heterocycles. The van der Waals surface area contributed by atoms with Crippen LogP contribution in [-0.2, 0) is 10.0 Å². The van der Waals surface area contributed by atoms with Gasteiger partial charge in [0.2, 0.25) is 10.0 Å². The third-order valence-corrected chi connectivity index (χ3v) is 7.22. The molecule has 0 aromatic heterocycles. The summed E-state index contributed by atoms with van der Waals surface area (Å²) in [5.74, 6) is 0.196. The van der Waals surface area contributed by atoms with Gasteiger partial charge in [0.15, 0.2) is 0 Å². The van der Waals surface area contributed by atoms with E-state index in [4.69, 9.17) is 5.73 Å². The number of amides is 1. The van der Waals surface area contributed by atoms with Gasteiger partial charge in [-0.1, -0.05) is 12.5 Å². The average Bonchev–Trinajstić information content (AvgIpc) is 3.45. The first-order valence-electron chi connectivity index (χ1n) is 9.06. The number of nitrogens with one attached hydrogen (secondary N) is 1. The van der Waals surface area contributed by atoms with Gasteiger partial charge in [-0.25, -0.2) is 8.42 Å². The molecule has 2 aliphatic rings. The molecule has 2 fully saturated rings. The quantitative estimate of drug-likeness (QED) is 0.803. The van der Waals surface area contributed by atoms with Gasteiger partial charge in [0.25, 0.3) is 5.91 Å². The highest BCUT2D eigenvalue weighted by Crippen LogP contribution is 2.32. The molecule has 1 aliphatic heterocycles. The number of piperidine rings is 1. The van der Waals surface area contributed by atoms with Gasteiger partial charge in [-0.3, -0.25) is 4.79 Å². The molecule has 1 aromatic carbocycles. The number of carbonyl (C=O) groups is 1. The van der Waals surface area contributed by atoms with Crippen LogP contribution in [-0.4, -0.2) is 43.8 Å². The lowest BCUT2D eigenvalue weighted by Crippen LogP contribution is -2.42. The van der Waals surface area contributed by atoms with E-state index < -0.39 is 10.0 Å². The van der Waals surface area contributed by atoms with E-state index in [0.717, 1.165) is 32.1 Å². The Kier molecular flexibility index (Phi) is 5.46. The second-order valence-electron chi connectivity index (χ2n) is 7.14. The lowest BCUT2D eigenvalue weighted by atomic mass is 10.1. The maximum Gasteiger partial charge on any atom is 0.251 e. The lowest BCUT2D eigenvalue weighted by Gasteiger charge is -2.32. The normalized spacial score (nSPS) is 23.2. The summed E-state index contributed by atoms with van der Waals surface area (Å²) >= 11 is 0. The Labute approximate surface area is 149 Å². The Morgan fingerprint density at radius 1 is 1.32 bits per heavy atom. The van der Waals surface area contributed by atoms with Crippen molar-refractivity contribution in [1.29, 1.82) is 0 Å². The van der Waals surface area contributed by atoms with E-state index in [1.54, 1.807) is 22.5 Å². The van der Waals surface area contributed by atoms with E-state index in [1.807, 2.05) is 6.92 Å². The summed E-state index contributed by atoms with van der Waals surface area (Å²) in [5.41, 5.74) is 6.10. The van der Waals surface area contributed by atoms with E-state index in [9.17, 15) is 13.2 Å². The van der Waals surface area contributed by atoms with Crippen molar-refractivity contribution in [3.05, 3.63) is 29.8 Å². The lowest BCUT2D eigenvalue weighted by molar-refractivity contribution is 0.0933. The molecule has 1 aromatic rings. The number of nitrogens with zero attached hydrogens (tertiary/aromatic N) is 1. The van der Waals surface area contributed by atoms with Crippen LogP contribution >= 0.6 is 0 Å². The molecule has 0 bridgehead atoms. The Morgan fingerprint density at radius 2 is 2.08 bits per heavy atom. The Balaban J connectivity index is 1.79. The number of hydrogen-bond donors (Lipinski definition) is 2. The zero-order valence-electron chi connectivity index (χ0n) is 14.6. The third kappa shape index (κ3) is 4.04. The fraction of sp³-hybridized carbons (Fsp3) is 0.611. The zero-order valence-corrected chi connectivity index (χ0v) is 15.5. The van der Waals surface area contributed by atoms with Crippen molar-refractivity contribution >= 4 is 15.9 Å². The first-order valence-corrected chi connectivity index (χ1v) is 10.5. The highest BCUT2D eigenvalue weighted by Gasteiger charge is 2.33. The van der Waals surface area contributed by atoms with E-state index >= 15 is 0 Å². The van der Waals surface area contributed by atoms with Crippen molar-refractivity contribution in [3.8, 4) is 0 Å². The summed E-state index contributed by atoms with van der Waals surface area (Å²) in [7, 11) is -3.58. The van der Waals surface area contributed by atoms with Crippen molar-refractivity contribution in [2.45, 2.75) is 56.0 Å². The smallest absolute Gasteiger partial charge is 0.251 e. The van der Waals surface area contributed by atoms with Gasteiger partial charge in [-0.15, -0.1) is 0 Å². The number of benzene rings is 1. The van der Waals surface area contributed by atoms with Crippen molar-refractivity contribution in [3.63, 3.8) is 0 Å². The minimum absolute atomic E-state index is 0.00674. The van der Waals surface area contributed by atoms with Gasteiger partial charge >= 0.3 is 0 Å². The average molecular weight is 365 g/mol. The molecule has 0 radical (unpaired) electrons. The predicted molar refractivity (Wildman–Crippen MR) is 96.7 cm³/mol. The highest BCUT2D eigenvalue weighted by atomic mass is 32.2. The molecule has 1 amide bonds. The van der Waals surface area contributed by atoms with E-state index in [-0.39, 0.29) is 22.9 Å². The van der Waals surface area contributed by atoms with E-state index in [1.165, 1.54) is 6.07 Å². The maximum absolute atomic E-state index is 12.9. The summed E-state index contributed by atoms with van der Waals surface area (Å²) in [6.45, 7) is 2.88. The minimum Gasteiger partial charge on any atom is -0.348 e. The fourth-order valence-corrected chi connectivity index (χ4v) is 5.23. The molecule has 25 heavy (non-hydrogen) atoms. The Bertz CT molecular complexity index is 731. The van der Waals surface area contributed by atoms with Crippen LogP contribution in [0.3, 0.4) is 0 Å². The Morgan fingerprint density at radius 3 is 2.72 bits per heavy atom. The molecule has 3 N–H and O–H groups in total. The molecule has 1 saturated carbocycles. The number of rotatable bonds is 6. The van der Waals surface area contributed by atoms with Gasteiger partial charge in [0, 0.05) is 30.7 Å². The highest BCUT2D eigenvalue weighted by molar-refractivity contribution is 7.89. The van der Waals surface area contributed by atoms with Crippen LogP contribution in [0.15, 0.2) is 29.2 Å². The summed E-state index contributed by atoms with van der Waals surface area (Å²) in [4.78, 5) is 12.7. The molecule has 3 rings (SSSR count). The van der Waals surface area contributed by atoms with Crippen LogP contribution in [0.5, 0.6) is 0 Å². The van der Waals surface area contributed by atoms with Gasteiger partial charge < -0.3 is 11.1 Å². The molecular weight excluding hydrogens is 338 g/mol. The fourth-order valence-electron chi connectivity index (χ4n) is 3.48. The van der Waals surface area contributed by atoms with Gasteiger partial charge in [-0.2, -0.15) is 4.31 Å². The van der Waals surface area contributed by atoms with Crippen LogP contribution in [0, 0.1) is 5.92 Å². The molecule has 0 spiro atoms. The molecule has 1 saturated heterocycles. The molecule has 1 aliphatic carbocycles. The molecule has 138 valence electrons. The first kappa shape index (κ1) is 18.4. The summed E-state index contributed by atoms with van der Waals surface area (Å²) in [5, 5.41) is 2.94. The van der Waals surface area contributed by atoms with Crippen molar-refractivity contribution in [2.24, 2.45) is 11.7 Å². The van der Waals surface area contributed by atoms with Gasteiger partial charge in [0.1, 0.15) is 0 Å². The largest absolute Gasteiger partial charge is 0.348 e. The number of sulfonamides is 1. The number of nitrogens with two attached hydrogens (primary N) is 1. The van der Waals surface area contributed by atoms with Crippen LogP contribution < -0.4 is 11.1 Å². The third-order valence-electron chi connectivity index (χ3n) is 5.21. The first-order chi connectivity index (χ1) is 11.9. The van der Waals surface area contributed by atoms with Crippen molar-refractivity contribution in [2.75, 3.05) is 13.1 Å². The molecule has 2 unspecified atom stereocenters.